The Bertz CT molecular complexity index is 460. The fourth-order valence-electron chi connectivity index (χ4n) is 1.36. The highest BCUT2D eigenvalue weighted by molar-refractivity contribution is 5.78. The van der Waals surface area contributed by atoms with Gasteiger partial charge in [0.15, 0.2) is 5.96 Å². The van der Waals surface area contributed by atoms with Gasteiger partial charge in [0.05, 0.1) is 13.2 Å². The quantitative estimate of drug-likeness (QED) is 0.322. The van der Waals surface area contributed by atoms with Crippen molar-refractivity contribution < 1.29 is 9.47 Å². The van der Waals surface area contributed by atoms with Crippen molar-refractivity contribution in [3.05, 3.63) is 36.0 Å². The minimum absolute atomic E-state index is 0.375. The van der Waals surface area contributed by atoms with E-state index in [0.717, 1.165) is 11.1 Å². The Morgan fingerprint density at radius 3 is 3.00 bits per heavy atom. The van der Waals surface area contributed by atoms with Crippen LogP contribution in [0.25, 0.3) is 0 Å². The monoisotopic (exact) mass is 278 g/mol. The summed E-state index contributed by atoms with van der Waals surface area (Å²) in [6, 6.07) is 3.75. The molecule has 1 aromatic rings. The normalized spacial score (nSPS) is 11.2. The first-order valence-corrected chi connectivity index (χ1v) is 6.37. The number of hydrogen-bond donors (Lipinski definition) is 2. The molecule has 0 spiro atoms. The van der Waals surface area contributed by atoms with Crippen molar-refractivity contribution in [2.45, 2.75) is 13.5 Å². The highest BCUT2D eigenvalue weighted by Crippen LogP contribution is 2.15. The molecule has 0 radical (unpaired) electrons. The van der Waals surface area contributed by atoms with Crippen molar-refractivity contribution in [2.24, 2.45) is 10.7 Å². The molecule has 0 saturated heterocycles. The van der Waals surface area contributed by atoms with Crippen molar-refractivity contribution in [3.63, 3.8) is 0 Å². The van der Waals surface area contributed by atoms with E-state index in [1.165, 1.54) is 0 Å². The topological polar surface area (TPSA) is 81.8 Å². The number of hydrogen-bond acceptors (Lipinski definition) is 4. The van der Waals surface area contributed by atoms with Crippen LogP contribution < -0.4 is 15.8 Å². The molecule has 0 fully saturated rings. The van der Waals surface area contributed by atoms with E-state index < -0.39 is 0 Å². The number of aliphatic imine (C=N–C) groups is 1. The highest BCUT2D eigenvalue weighted by atomic mass is 16.5. The van der Waals surface area contributed by atoms with E-state index in [0.29, 0.717) is 38.1 Å². The fraction of sp³-hybridized carbons (Fsp3) is 0.429. The predicted molar refractivity (Wildman–Crippen MR) is 79.8 cm³/mol. The zero-order chi connectivity index (χ0) is 14.8. The van der Waals surface area contributed by atoms with Crippen LogP contribution in [0.4, 0.5) is 0 Å². The molecule has 0 amide bonds. The first-order chi connectivity index (χ1) is 9.63. The van der Waals surface area contributed by atoms with E-state index in [-0.39, 0.29) is 0 Å². The maximum Gasteiger partial charge on any atom is 0.218 e. The van der Waals surface area contributed by atoms with Gasteiger partial charge in [-0.25, -0.2) is 9.98 Å². The van der Waals surface area contributed by atoms with Crippen molar-refractivity contribution in [1.29, 1.82) is 0 Å². The summed E-state index contributed by atoms with van der Waals surface area (Å²) in [6.45, 7) is 7.69. The molecule has 1 aromatic heterocycles. The Hall–Kier alpha value is -2.08. The lowest BCUT2D eigenvalue weighted by molar-refractivity contribution is 0.143. The van der Waals surface area contributed by atoms with Crippen LogP contribution in [0.3, 0.4) is 0 Å². The molecule has 0 bridgehead atoms. The maximum atomic E-state index is 5.76. The smallest absolute Gasteiger partial charge is 0.218 e. The molecule has 0 atom stereocenters. The summed E-state index contributed by atoms with van der Waals surface area (Å²) in [7, 11) is 1.63. The molecule has 1 rings (SSSR count). The van der Waals surface area contributed by atoms with Gasteiger partial charge in [-0.3, -0.25) is 0 Å². The number of guanidine groups is 1. The molecular weight excluding hydrogens is 256 g/mol. The average molecular weight is 278 g/mol. The molecule has 0 saturated carbocycles. The van der Waals surface area contributed by atoms with Gasteiger partial charge in [-0.1, -0.05) is 18.2 Å². The summed E-state index contributed by atoms with van der Waals surface area (Å²) < 4.78 is 10.5. The third-order valence-corrected chi connectivity index (χ3v) is 2.37. The molecule has 6 heteroatoms. The van der Waals surface area contributed by atoms with Gasteiger partial charge >= 0.3 is 0 Å². The molecule has 0 aliphatic heterocycles. The first kappa shape index (κ1) is 16.0. The summed E-state index contributed by atoms with van der Waals surface area (Å²) in [6.07, 6.45) is 1.68. The Labute approximate surface area is 119 Å². The number of ether oxygens (including phenoxy) is 2. The van der Waals surface area contributed by atoms with E-state index in [1.807, 2.05) is 19.1 Å². The molecular formula is C14H22N4O2. The Balaban J connectivity index is 2.57. The second-order valence-corrected chi connectivity index (χ2v) is 4.32. The van der Waals surface area contributed by atoms with Gasteiger partial charge in [0.1, 0.15) is 6.61 Å². The lowest BCUT2D eigenvalue weighted by Crippen LogP contribution is -2.32. The predicted octanol–water partition coefficient (Wildman–Crippen LogP) is 1.09. The minimum Gasteiger partial charge on any atom is -0.475 e. The van der Waals surface area contributed by atoms with Crippen molar-refractivity contribution in [1.82, 2.24) is 10.3 Å². The molecule has 6 nitrogen and oxygen atoms in total. The number of nitrogens with two attached hydrogens (primary N) is 1. The van der Waals surface area contributed by atoms with Crippen LogP contribution >= 0.6 is 0 Å². The molecule has 0 aromatic carbocycles. The number of pyridine rings is 1. The Kier molecular flexibility index (Phi) is 7.13. The third kappa shape index (κ3) is 6.19. The number of rotatable bonds is 8. The van der Waals surface area contributed by atoms with Crippen molar-refractivity contribution in [2.75, 3.05) is 26.9 Å². The number of nitrogens with zero attached hydrogens (tertiary/aromatic N) is 2. The summed E-state index contributed by atoms with van der Waals surface area (Å²) in [4.78, 5) is 8.43. The zero-order valence-corrected chi connectivity index (χ0v) is 12.1. The van der Waals surface area contributed by atoms with Gasteiger partial charge in [-0.15, -0.1) is 0 Å². The molecule has 0 aliphatic rings. The lowest BCUT2D eigenvalue weighted by Gasteiger charge is -2.09. The summed E-state index contributed by atoms with van der Waals surface area (Å²) in [5, 5.41) is 2.97. The molecule has 0 aliphatic carbocycles. The third-order valence-electron chi connectivity index (χ3n) is 2.37. The zero-order valence-electron chi connectivity index (χ0n) is 12.1. The molecule has 1 heterocycles. The van der Waals surface area contributed by atoms with Crippen LogP contribution in [0.2, 0.25) is 0 Å². The van der Waals surface area contributed by atoms with E-state index in [4.69, 9.17) is 15.2 Å². The first-order valence-electron chi connectivity index (χ1n) is 6.37. The minimum atomic E-state index is 0.375. The lowest BCUT2D eigenvalue weighted by atomic mass is 10.3. The van der Waals surface area contributed by atoms with Crippen LogP contribution in [0.5, 0.6) is 5.88 Å². The summed E-state index contributed by atoms with van der Waals surface area (Å²) in [5.41, 5.74) is 7.63. The fourth-order valence-corrected chi connectivity index (χ4v) is 1.36. The standard InChI is InChI=1S/C14H22N4O2/c1-11(2)9-17-14(15)18-10-12-5-4-6-16-13(12)20-8-7-19-3/h4-6H,1,7-10H2,2-3H3,(H3,15,17,18). The second-order valence-electron chi connectivity index (χ2n) is 4.32. The van der Waals surface area contributed by atoms with Crippen LogP contribution in [-0.2, 0) is 11.3 Å². The second kappa shape index (κ2) is 8.92. The van der Waals surface area contributed by atoms with Crippen LogP contribution in [-0.4, -0.2) is 37.8 Å². The van der Waals surface area contributed by atoms with E-state index in [2.05, 4.69) is 21.9 Å². The number of nitrogens with one attached hydrogen (secondary N) is 1. The Morgan fingerprint density at radius 1 is 1.50 bits per heavy atom. The SMILES string of the molecule is C=C(C)CNC(N)=NCc1cccnc1OCCOC. The van der Waals surface area contributed by atoms with Gasteiger partial charge in [0.25, 0.3) is 0 Å². The van der Waals surface area contributed by atoms with Crippen molar-refractivity contribution in [3.8, 4) is 5.88 Å². The summed E-state index contributed by atoms with van der Waals surface area (Å²) in [5.74, 6) is 0.931. The van der Waals surface area contributed by atoms with E-state index in [9.17, 15) is 0 Å². The highest BCUT2D eigenvalue weighted by Gasteiger charge is 2.04. The van der Waals surface area contributed by atoms with Gasteiger partial charge in [-0.2, -0.15) is 0 Å². The number of methoxy groups -OCH3 is 1. The molecule has 0 unspecified atom stereocenters. The van der Waals surface area contributed by atoms with Gasteiger partial charge < -0.3 is 20.5 Å². The van der Waals surface area contributed by atoms with E-state index in [1.54, 1.807) is 13.3 Å². The molecule has 3 N–H and O–H groups in total. The maximum absolute atomic E-state index is 5.76. The largest absolute Gasteiger partial charge is 0.475 e. The van der Waals surface area contributed by atoms with Crippen LogP contribution in [0.15, 0.2) is 35.5 Å². The number of aromatic nitrogens is 1. The van der Waals surface area contributed by atoms with Crippen LogP contribution in [0.1, 0.15) is 12.5 Å². The van der Waals surface area contributed by atoms with Crippen LogP contribution in [0, 0.1) is 0 Å². The van der Waals surface area contributed by atoms with Gasteiger partial charge in [-0.05, 0) is 13.0 Å². The Morgan fingerprint density at radius 2 is 2.30 bits per heavy atom. The van der Waals surface area contributed by atoms with Gasteiger partial charge in [0.2, 0.25) is 5.88 Å². The average Bonchev–Trinajstić information content (AvgIpc) is 2.44. The molecule has 110 valence electrons. The summed E-state index contributed by atoms with van der Waals surface area (Å²) >= 11 is 0. The van der Waals surface area contributed by atoms with Gasteiger partial charge in [0, 0.05) is 25.4 Å². The van der Waals surface area contributed by atoms with E-state index >= 15 is 0 Å². The van der Waals surface area contributed by atoms with Crippen molar-refractivity contribution >= 4 is 5.96 Å². The molecule has 20 heavy (non-hydrogen) atoms.